The zero-order valence-electron chi connectivity index (χ0n) is 7.95. The number of halogens is 7. The fraction of sp³-hybridized carbons (Fsp3) is 1.00. The molecule has 16 heavy (non-hydrogen) atoms. The van der Waals surface area contributed by atoms with Crippen LogP contribution in [0.3, 0.4) is 0 Å². The topological polar surface area (TPSA) is 40.5 Å². The van der Waals surface area contributed by atoms with E-state index in [0.717, 1.165) is 0 Å². The lowest BCUT2D eigenvalue weighted by atomic mass is 9.95. The Hall–Kier alpha value is -0.570. The Labute approximate surface area is 85.7 Å². The van der Waals surface area contributed by atoms with E-state index in [-0.39, 0.29) is 0 Å². The van der Waals surface area contributed by atoms with Gasteiger partial charge in [-0.05, 0) is 6.92 Å². The molecule has 0 aliphatic rings. The minimum Gasteiger partial charge on any atom is -0.393 e. The molecule has 9 heteroatoms. The van der Waals surface area contributed by atoms with E-state index >= 15 is 0 Å². The molecule has 0 spiro atoms. The van der Waals surface area contributed by atoms with Gasteiger partial charge in [0.25, 0.3) is 0 Å². The van der Waals surface area contributed by atoms with Crippen molar-refractivity contribution in [2.75, 3.05) is 6.61 Å². The Bertz CT molecular complexity index is 246. The molecule has 0 aliphatic heterocycles. The maximum absolute atomic E-state index is 12.6. The number of rotatable bonds is 4. The third-order valence-corrected chi connectivity index (χ3v) is 1.76. The van der Waals surface area contributed by atoms with Gasteiger partial charge in [0.05, 0.1) is 12.2 Å². The van der Waals surface area contributed by atoms with E-state index in [1.165, 1.54) is 0 Å². The molecule has 0 aliphatic carbocycles. The molecule has 0 heterocycles. The number of aliphatic hydroxyl groups is 2. The first-order valence-electron chi connectivity index (χ1n) is 3.92. The Morgan fingerprint density at radius 3 is 1.56 bits per heavy atom. The molecule has 0 saturated carbocycles. The number of aliphatic hydroxyl groups excluding tert-OH is 1. The average molecular weight is 258 g/mol. The lowest BCUT2D eigenvalue weighted by Gasteiger charge is -2.32. The summed E-state index contributed by atoms with van der Waals surface area (Å²) >= 11 is 0. The van der Waals surface area contributed by atoms with Gasteiger partial charge in [-0.15, -0.1) is 0 Å². The Morgan fingerprint density at radius 2 is 1.31 bits per heavy atom. The summed E-state index contributed by atoms with van der Waals surface area (Å²) < 4.78 is 84.8. The van der Waals surface area contributed by atoms with Crippen LogP contribution in [0.25, 0.3) is 0 Å². The van der Waals surface area contributed by atoms with E-state index in [4.69, 9.17) is 10.2 Å². The van der Waals surface area contributed by atoms with Crippen molar-refractivity contribution in [3.8, 4) is 0 Å². The molecule has 0 saturated heterocycles. The first-order valence-corrected chi connectivity index (χ1v) is 3.92. The fourth-order valence-corrected chi connectivity index (χ4v) is 0.853. The number of hydrogen-bond acceptors (Lipinski definition) is 2. The highest BCUT2D eigenvalue weighted by Crippen LogP contribution is 2.49. The van der Waals surface area contributed by atoms with Crippen LogP contribution in [0.2, 0.25) is 0 Å². The second kappa shape index (κ2) is 4.02. The van der Waals surface area contributed by atoms with E-state index in [0.29, 0.717) is 6.92 Å². The average Bonchev–Trinajstić information content (AvgIpc) is 2.00. The summed E-state index contributed by atoms with van der Waals surface area (Å²) in [5.74, 6) is -11.8. The highest BCUT2D eigenvalue weighted by Gasteiger charge is 2.73. The molecule has 0 fully saturated rings. The molecule has 1 unspecified atom stereocenters. The Kier molecular flexibility index (Phi) is 3.88. The van der Waals surface area contributed by atoms with E-state index in [1.54, 1.807) is 0 Å². The Balaban J connectivity index is 5.07. The quantitative estimate of drug-likeness (QED) is 0.757. The van der Waals surface area contributed by atoms with Gasteiger partial charge >= 0.3 is 18.0 Å². The second-order valence-electron chi connectivity index (χ2n) is 3.61. The standard InChI is InChI=1S/C7H9F7O2/c1-4(16,3-15)2-5(8,9)6(10,11)7(12,13)14/h15-16H,2-3H2,1H3. The van der Waals surface area contributed by atoms with Gasteiger partial charge in [0.15, 0.2) is 0 Å². The zero-order chi connectivity index (χ0) is 13.4. The molecule has 1 atom stereocenters. The lowest BCUT2D eigenvalue weighted by molar-refractivity contribution is -0.361. The molecule has 0 aromatic carbocycles. The van der Waals surface area contributed by atoms with Crippen molar-refractivity contribution in [3.05, 3.63) is 0 Å². The van der Waals surface area contributed by atoms with Crippen LogP contribution in [0, 0.1) is 0 Å². The van der Waals surface area contributed by atoms with Crippen LogP contribution in [0.4, 0.5) is 30.7 Å². The van der Waals surface area contributed by atoms with Gasteiger partial charge in [0, 0.05) is 6.42 Å². The summed E-state index contributed by atoms with van der Waals surface area (Å²) in [5.41, 5.74) is -2.72. The fourth-order valence-electron chi connectivity index (χ4n) is 0.853. The van der Waals surface area contributed by atoms with Crippen LogP contribution < -0.4 is 0 Å². The monoisotopic (exact) mass is 258 g/mol. The molecule has 0 amide bonds. The van der Waals surface area contributed by atoms with Crippen LogP contribution in [-0.2, 0) is 0 Å². The minimum atomic E-state index is -6.43. The minimum absolute atomic E-state index is 0.521. The SMILES string of the molecule is CC(O)(CO)CC(F)(F)C(F)(F)C(F)(F)F. The highest BCUT2D eigenvalue weighted by molar-refractivity contribution is 4.95. The van der Waals surface area contributed by atoms with Crippen LogP contribution >= 0.6 is 0 Å². The summed E-state index contributed by atoms with van der Waals surface area (Å²) in [6.07, 6.45) is -8.63. The summed E-state index contributed by atoms with van der Waals surface area (Å²) in [5, 5.41) is 17.2. The summed E-state index contributed by atoms with van der Waals surface area (Å²) in [7, 11) is 0. The van der Waals surface area contributed by atoms with Gasteiger partial charge in [-0.3, -0.25) is 0 Å². The van der Waals surface area contributed by atoms with Crippen LogP contribution in [0.1, 0.15) is 13.3 Å². The predicted octanol–water partition coefficient (Wildman–Crippen LogP) is 1.95. The van der Waals surface area contributed by atoms with E-state index in [2.05, 4.69) is 0 Å². The van der Waals surface area contributed by atoms with Gasteiger partial charge in [0.1, 0.15) is 0 Å². The molecule has 0 aromatic rings. The molecule has 0 radical (unpaired) electrons. The van der Waals surface area contributed by atoms with E-state index < -0.39 is 36.7 Å². The van der Waals surface area contributed by atoms with Crippen LogP contribution in [0.15, 0.2) is 0 Å². The van der Waals surface area contributed by atoms with Gasteiger partial charge in [-0.1, -0.05) is 0 Å². The molecule has 2 nitrogen and oxygen atoms in total. The molecule has 0 rings (SSSR count). The summed E-state index contributed by atoms with van der Waals surface area (Å²) in [6.45, 7) is -0.843. The third kappa shape index (κ3) is 2.97. The van der Waals surface area contributed by atoms with Crippen molar-refractivity contribution < 1.29 is 40.9 Å². The maximum Gasteiger partial charge on any atom is 0.459 e. The number of alkyl halides is 7. The van der Waals surface area contributed by atoms with Crippen LogP contribution in [0.5, 0.6) is 0 Å². The van der Waals surface area contributed by atoms with Gasteiger partial charge in [-0.2, -0.15) is 30.7 Å². The number of hydrogen-bond donors (Lipinski definition) is 2. The Morgan fingerprint density at radius 1 is 0.938 bits per heavy atom. The van der Waals surface area contributed by atoms with Crippen molar-refractivity contribution in [2.45, 2.75) is 37.0 Å². The normalized spacial score (nSPS) is 18.4. The van der Waals surface area contributed by atoms with Crippen molar-refractivity contribution >= 4 is 0 Å². The van der Waals surface area contributed by atoms with Crippen molar-refractivity contribution in [3.63, 3.8) is 0 Å². The molecule has 0 bridgehead atoms. The van der Waals surface area contributed by atoms with Crippen molar-refractivity contribution in [1.82, 2.24) is 0 Å². The summed E-state index contributed by atoms with van der Waals surface area (Å²) in [6, 6.07) is 0. The second-order valence-corrected chi connectivity index (χ2v) is 3.61. The van der Waals surface area contributed by atoms with Crippen LogP contribution in [-0.4, -0.2) is 40.4 Å². The summed E-state index contributed by atoms with van der Waals surface area (Å²) in [4.78, 5) is 0. The molecular formula is C7H9F7O2. The zero-order valence-corrected chi connectivity index (χ0v) is 7.95. The predicted molar refractivity (Wildman–Crippen MR) is 38.3 cm³/mol. The first kappa shape index (κ1) is 15.4. The largest absolute Gasteiger partial charge is 0.459 e. The van der Waals surface area contributed by atoms with E-state index in [1.807, 2.05) is 0 Å². The highest BCUT2D eigenvalue weighted by atomic mass is 19.4. The van der Waals surface area contributed by atoms with Gasteiger partial charge in [-0.25, -0.2) is 0 Å². The van der Waals surface area contributed by atoms with E-state index in [9.17, 15) is 30.7 Å². The molecule has 2 N–H and O–H groups in total. The third-order valence-electron chi connectivity index (χ3n) is 1.76. The first-order chi connectivity index (χ1) is 6.77. The lowest BCUT2D eigenvalue weighted by Crippen LogP contribution is -2.55. The molecule has 0 aromatic heterocycles. The molecular weight excluding hydrogens is 249 g/mol. The smallest absolute Gasteiger partial charge is 0.393 e. The molecule has 98 valence electrons. The van der Waals surface area contributed by atoms with Crippen molar-refractivity contribution in [1.29, 1.82) is 0 Å². The van der Waals surface area contributed by atoms with Gasteiger partial charge in [0.2, 0.25) is 0 Å². The van der Waals surface area contributed by atoms with Crippen molar-refractivity contribution in [2.24, 2.45) is 0 Å². The maximum atomic E-state index is 12.6. The van der Waals surface area contributed by atoms with Gasteiger partial charge < -0.3 is 10.2 Å².